The first-order valence-electron chi connectivity index (χ1n) is 10.1. The number of hydrogen-bond donors (Lipinski definition) is 1. The summed E-state index contributed by atoms with van der Waals surface area (Å²) in [5, 5.41) is 8.37. The second kappa shape index (κ2) is 9.56. The zero-order valence-electron chi connectivity index (χ0n) is 17.4. The average Bonchev–Trinajstić information content (AvgIpc) is 2.99. The van der Waals surface area contributed by atoms with Crippen LogP contribution in [-0.2, 0) is 6.54 Å². The molecule has 0 aliphatic carbocycles. The number of rotatable bonds is 9. The smallest absolute Gasteiger partial charge is 0.127 e. The minimum Gasteiger partial charge on any atom is -0.457 e. The van der Waals surface area contributed by atoms with Gasteiger partial charge in [0.25, 0.3) is 0 Å². The van der Waals surface area contributed by atoms with Gasteiger partial charge in [0.1, 0.15) is 11.5 Å². The molecule has 1 aromatic heterocycles. The van der Waals surface area contributed by atoms with Crippen LogP contribution >= 0.6 is 0 Å². The molecule has 0 amide bonds. The van der Waals surface area contributed by atoms with Gasteiger partial charge < -0.3 is 10.1 Å². The lowest BCUT2D eigenvalue weighted by atomic mass is 10.0. The Labute approximate surface area is 168 Å². The van der Waals surface area contributed by atoms with Crippen LogP contribution in [0.4, 0.5) is 0 Å². The molecule has 28 heavy (non-hydrogen) atoms. The quantitative estimate of drug-likeness (QED) is 0.511. The summed E-state index contributed by atoms with van der Waals surface area (Å²) in [5.74, 6) is 1.72. The van der Waals surface area contributed by atoms with Crippen molar-refractivity contribution in [1.29, 1.82) is 0 Å². The molecular formula is C24H31N3O. The maximum absolute atomic E-state index is 5.92. The van der Waals surface area contributed by atoms with Gasteiger partial charge in [-0.1, -0.05) is 43.7 Å². The lowest BCUT2D eigenvalue weighted by Crippen LogP contribution is -2.34. The minimum absolute atomic E-state index is 0.322. The number of nitrogens with zero attached hydrogens (tertiary/aromatic N) is 2. The standard InChI is InChI=1S/C24H31N3O/c1-5-9-24(25-19(3)17-27-20(4)16-18(2)26-27)21-12-14-23(15-13-21)28-22-10-7-6-8-11-22/h6-8,10-16,19,24-25H,5,9,17H2,1-4H3. The van der Waals surface area contributed by atoms with Crippen LogP contribution in [0, 0.1) is 13.8 Å². The first-order chi connectivity index (χ1) is 13.5. The van der Waals surface area contributed by atoms with Gasteiger partial charge in [0.05, 0.1) is 12.2 Å². The summed E-state index contributed by atoms with van der Waals surface area (Å²) in [5.41, 5.74) is 3.58. The van der Waals surface area contributed by atoms with Gasteiger partial charge in [-0.2, -0.15) is 5.10 Å². The SMILES string of the molecule is CCCC(NC(C)Cn1nc(C)cc1C)c1ccc(Oc2ccccc2)cc1. The van der Waals surface area contributed by atoms with Crippen molar-refractivity contribution in [2.75, 3.05) is 0 Å². The van der Waals surface area contributed by atoms with Gasteiger partial charge in [0.2, 0.25) is 0 Å². The molecule has 3 aromatic rings. The van der Waals surface area contributed by atoms with Crippen molar-refractivity contribution in [1.82, 2.24) is 15.1 Å². The van der Waals surface area contributed by atoms with E-state index in [-0.39, 0.29) is 0 Å². The molecule has 0 radical (unpaired) electrons. The van der Waals surface area contributed by atoms with Crippen LogP contribution in [0.1, 0.15) is 49.7 Å². The number of aryl methyl sites for hydroxylation is 2. The third kappa shape index (κ3) is 5.46. The lowest BCUT2D eigenvalue weighted by Gasteiger charge is -2.24. The first-order valence-corrected chi connectivity index (χ1v) is 10.1. The minimum atomic E-state index is 0.322. The predicted molar refractivity (Wildman–Crippen MR) is 115 cm³/mol. The highest BCUT2D eigenvalue weighted by Crippen LogP contribution is 2.25. The molecule has 4 nitrogen and oxygen atoms in total. The fraction of sp³-hybridized carbons (Fsp3) is 0.375. The summed E-state index contributed by atoms with van der Waals surface area (Å²) in [7, 11) is 0. The maximum Gasteiger partial charge on any atom is 0.127 e. The Morgan fingerprint density at radius 3 is 2.29 bits per heavy atom. The van der Waals surface area contributed by atoms with Crippen LogP contribution in [0.3, 0.4) is 0 Å². The van der Waals surface area contributed by atoms with E-state index in [1.807, 2.05) is 37.3 Å². The Kier molecular flexibility index (Phi) is 6.88. The molecule has 0 bridgehead atoms. The van der Waals surface area contributed by atoms with E-state index in [1.54, 1.807) is 0 Å². The van der Waals surface area contributed by atoms with E-state index in [9.17, 15) is 0 Å². The molecule has 0 aliphatic heterocycles. The van der Waals surface area contributed by atoms with Crippen molar-refractivity contribution in [3.05, 3.63) is 77.6 Å². The molecule has 0 fully saturated rings. The van der Waals surface area contributed by atoms with E-state index in [0.29, 0.717) is 12.1 Å². The highest BCUT2D eigenvalue weighted by Gasteiger charge is 2.15. The average molecular weight is 378 g/mol. The Hall–Kier alpha value is -2.59. The van der Waals surface area contributed by atoms with E-state index in [1.165, 1.54) is 11.3 Å². The molecule has 0 saturated carbocycles. The monoisotopic (exact) mass is 377 g/mol. The van der Waals surface area contributed by atoms with E-state index in [0.717, 1.165) is 36.6 Å². The number of ether oxygens (including phenoxy) is 1. The van der Waals surface area contributed by atoms with Gasteiger partial charge in [0.15, 0.2) is 0 Å². The van der Waals surface area contributed by atoms with Crippen molar-refractivity contribution in [3.63, 3.8) is 0 Å². The fourth-order valence-corrected chi connectivity index (χ4v) is 3.54. The van der Waals surface area contributed by atoms with Crippen LogP contribution in [0.15, 0.2) is 60.7 Å². The summed E-state index contributed by atoms with van der Waals surface area (Å²) in [6.07, 6.45) is 2.23. The Balaban J connectivity index is 1.64. The van der Waals surface area contributed by atoms with Crippen LogP contribution < -0.4 is 10.1 Å². The number of nitrogens with one attached hydrogen (secondary N) is 1. The Morgan fingerprint density at radius 1 is 1.00 bits per heavy atom. The van der Waals surface area contributed by atoms with Gasteiger partial charge in [-0.15, -0.1) is 0 Å². The topological polar surface area (TPSA) is 39.1 Å². The van der Waals surface area contributed by atoms with Crippen LogP contribution in [-0.4, -0.2) is 15.8 Å². The highest BCUT2D eigenvalue weighted by atomic mass is 16.5. The predicted octanol–water partition coefficient (Wildman–Crippen LogP) is 5.81. The van der Waals surface area contributed by atoms with Crippen LogP contribution in [0.5, 0.6) is 11.5 Å². The first kappa shape index (κ1) is 20.2. The number of benzene rings is 2. The van der Waals surface area contributed by atoms with E-state index < -0.39 is 0 Å². The second-order valence-electron chi connectivity index (χ2n) is 7.50. The van der Waals surface area contributed by atoms with E-state index >= 15 is 0 Å². The summed E-state index contributed by atoms with van der Waals surface area (Å²) in [6, 6.07) is 21.1. The molecule has 1 N–H and O–H groups in total. The molecule has 148 valence electrons. The van der Waals surface area contributed by atoms with Crippen molar-refractivity contribution in [2.24, 2.45) is 0 Å². The molecular weight excluding hydrogens is 346 g/mol. The zero-order valence-corrected chi connectivity index (χ0v) is 17.4. The van der Waals surface area contributed by atoms with E-state index in [2.05, 4.69) is 66.2 Å². The van der Waals surface area contributed by atoms with Crippen LogP contribution in [0.2, 0.25) is 0 Å². The Morgan fingerprint density at radius 2 is 1.68 bits per heavy atom. The van der Waals surface area contributed by atoms with Crippen molar-refractivity contribution < 1.29 is 4.74 Å². The number of para-hydroxylation sites is 1. The molecule has 2 atom stereocenters. The van der Waals surface area contributed by atoms with E-state index in [4.69, 9.17) is 4.74 Å². The molecule has 4 heteroatoms. The second-order valence-corrected chi connectivity index (χ2v) is 7.50. The maximum atomic E-state index is 5.92. The Bertz CT molecular complexity index is 855. The largest absolute Gasteiger partial charge is 0.457 e. The molecule has 1 heterocycles. The number of hydrogen-bond acceptors (Lipinski definition) is 3. The third-order valence-electron chi connectivity index (χ3n) is 4.87. The van der Waals surface area contributed by atoms with Crippen molar-refractivity contribution in [2.45, 2.75) is 59.2 Å². The zero-order chi connectivity index (χ0) is 19.9. The lowest BCUT2D eigenvalue weighted by molar-refractivity contribution is 0.380. The van der Waals surface area contributed by atoms with Gasteiger partial charge >= 0.3 is 0 Å². The van der Waals surface area contributed by atoms with Crippen molar-refractivity contribution >= 4 is 0 Å². The van der Waals surface area contributed by atoms with Crippen molar-refractivity contribution in [3.8, 4) is 11.5 Å². The molecule has 0 saturated heterocycles. The molecule has 2 unspecified atom stereocenters. The fourth-order valence-electron chi connectivity index (χ4n) is 3.54. The summed E-state index contributed by atoms with van der Waals surface area (Å²) in [4.78, 5) is 0. The molecule has 0 aliphatic rings. The molecule has 0 spiro atoms. The molecule has 2 aromatic carbocycles. The normalized spacial score (nSPS) is 13.3. The third-order valence-corrected chi connectivity index (χ3v) is 4.87. The van der Waals surface area contributed by atoms with Gasteiger partial charge in [-0.25, -0.2) is 0 Å². The van der Waals surface area contributed by atoms with Crippen LogP contribution in [0.25, 0.3) is 0 Å². The highest BCUT2D eigenvalue weighted by molar-refractivity contribution is 5.34. The summed E-state index contributed by atoms with van der Waals surface area (Å²) in [6.45, 7) is 9.48. The van der Waals surface area contributed by atoms with Gasteiger partial charge in [0, 0.05) is 17.8 Å². The van der Waals surface area contributed by atoms with Gasteiger partial charge in [-0.3, -0.25) is 4.68 Å². The molecule has 3 rings (SSSR count). The summed E-state index contributed by atoms with van der Waals surface area (Å²) >= 11 is 0. The van der Waals surface area contributed by atoms with Gasteiger partial charge in [-0.05, 0) is 63.1 Å². The number of aromatic nitrogens is 2. The summed E-state index contributed by atoms with van der Waals surface area (Å²) < 4.78 is 8.01.